The Balaban J connectivity index is 1.98. The van der Waals surface area contributed by atoms with Gasteiger partial charge in [0, 0.05) is 6.54 Å². The quantitative estimate of drug-likeness (QED) is 0.439. The Bertz CT molecular complexity index is 669. The first kappa shape index (κ1) is 22.9. The lowest BCUT2D eigenvalue weighted by Gasteiger charge is -2.25. The van der Waals surface area contributed by atoms with Crippen LogP contribution in [0.5, 0.6) is 0 Å². The molecule has 0 aliphatic heterocycles. The van der Waals surface area contributed by atoms with Crippen molar-refractivity contribution in [3.8, 4) is 0 Å². The van der Waals surface area contributed by atoms with Gasteiger partial charge in [0.1, 0.15) is 6.04 Å². The van der Waals surface area contributed by atoms with Crippen molar-refractivity contribution in [1.29, 1.82) is 0 Å². The van der Waals surface area contributed by atoms with Gasteiger partial charge in [-0.1, -0.05) is 82.7 Å². The first-order valence-electron chi connectivity index (χ1n) is 10.9. The molecule has 2 rings (SSSR count). The fraction of sp³-hybridized carbons (Fsp3) is 0.609. The van der Waals surface area contributed by atoms with Crippen molar-refractivity contribution in [2.75, 3.05) is 6.54 Å². The number of nitrogens with zero attached hydrogens (tertiary/aromatic N) is 1. The summed E-state index contributed by atoms with van der Waals surface area (Å²) in [6.45, 7) is 4.85. The van der Waals surface area contributed by atoms with Gasteiger partial charge in [-0.2, -0.15) is 0 Å². The van der Waals surface area contributed by atoms with Crippen molar-refractivity contribution in [2.24, 2.45) is 22.6 Å². The van der Waals surface area contributed by atoms with Crippen LogP contribution < -0.4 is 16.4 Å². The summed E-state index contributed by atoms with van der Waals surface area (Å²) in [6.07, 6.45) is 7.86. The highest BCUT2D eigenvalue weighted by atomic mass is 16.2. The standard InChI is InChI=1S/C23H36N4O2/c1-3-17(2)16-25-22(29)20(14-18-10-6-4-7-11-18)26-23(24)27-21(28)15-19-12-8-5-9-13-19/h5,8-9,12-13,17-18,20H,3-4,6-7,10-11,14-16H2,1-2H3,(H,25,29)(H3,24,26,27,28)/t17-,20+/m0/s1. The average molecular weight is 401 g/mol. The minimum atomic E-state index is -0.556. The summed E-state index contributed by atoms with van der Waals surface area (Å²) in [4.78, 5) is 29.4. The fourth-order valence-corrected chi connectivity index (χ4v) is 3.66. The van der Waals surface area contributed by atoms with Crippen LogP contribution in [0, 0.1) is 11.8 Å². The summed E-state index contributed by atoms with van der Waals surface area (Å²) in [7, 11) is 0. The van der Waals surface area contributed by atoms with Crippen molar-refractivity contribution in [2.45, 2.75) is 71.3 Å². The molecule has 6 heteroatoms. The van der Waals surface area contributed by atoms with Crippen LogP contribution in [0.3, 0.4) is 0 Å². The van der Waals surface area contributed by atoms with Crippen LogP contribution in [-0.2, 0) is 16.0 Å². The number of hydrogen-bond acceptors (Lipinski definition) is 3. The van der Waals surface area contributed by atoms with Crippen molar-refractivity contribution >= 4 is 17.8 Å². The van der Waals surface area contributed by atoms with Gasteiger partial charge in [0.15, 0.2) is 5.96 Å². The van der Waals surface area contributed by atoms with E-state index in [1.807, 2.05) is 30.3 Å². The molecule has 1 aliphatic carbocycles. The first-order chi connectivity index (χ1) is 14.0. The van der Waals surface area contributed by atoms with Gasteiger partial charge in [-0.25, -0.2) is 4.99 Å². The number of carbonyl (C=O) groups is 2. The van der Waals surface area contributed by atoms with Crippen molar-refractivity contribution in [3.63, 3.8) is 0 Å². The van der Waals surface area contributed by atoms with Gasteiger partial charge in [-0.05, 0) is 23.8 Å². The predicted octanol–water partition coefficient (Wildman–Crippen LogP) is 3.16. The molecule has 2 amide bonds. The first-order valence-corrected chi connectivity index (χ1v) is 10.9. The zero-order valence-electron chi connectivity index (χ0n) is 17.8. The van der Waals surface area contributed by atoms with Crippen LogP contribution in [0.25, 0.3) is 0 Å². The molecule has 2 atom stereocenters. The number of aliphatic imine (C=N–C) groups is 1. The summed E-state index contributed by atoms with van der Waals surface area (Å²) in [5.74, 6) is 0.594. The average Bonchev–Trinajstić information content (AvgIpc) is 2.72. The number of rotatable bonds is 9. The van der Waals surface area contributed by atoms with Gasteiger partial charge in [0.2, 0.25) is 11.8 Å². The van der Waals surface area contributed by atoms with E-state index in [9.17, 15) is 9.59 Å². The molecule has 0 saturated heterocycles. The van der Waals surface area contributed by atoms with Crippen LogP contribution in [-0.4, -0.2) is 30.4 Å². The molecule has 1 fully saturated rings. The van der Waals surface area contributed by atoms with E-state index in [1.54, 1.807) is 0 Å². The molecule has 0 bridgehead atoms. The maximum Gasteiger partial charge on any atom is 0.244 e. The highest BCUT2D eigenvalue weighted by Crippen LogP contribution is 2.28. The van der Waals surface area contributed by atoms with Crippen LogP contribution in [0.1, 0.15) is 64.4 Å². The molecule has 6 nitrogen and oxygen atoms in total. The molecule has 160 valence electrons. The van der Waals surface area contributed by atoms with Gasteiger partial charge in [-0.3, -0.25) is 14.9 Å². The minimum absolute atomic E-state index is 0.0189. The lowest BCUT2D eigenvalue weighted by atomic mass is 9.84. The number of benzene rings is 1. The monoisotopic (exact) mass is 400 g/mol. The molecule has 1 aliphatic rings. The van der Waals surface area contributed by atoms with Crippen molar-refractivity contribution in [3.05, 3.63) is 35.9 Å². The molecular weight excluding hydrogens is 364 g/mol. The van der Waals surface area contributed by atoms with E-state index in [1.165, 1.54) is 19.3 Å². The Morgan fingerprint density at radius 3 is 2.52 bits per heavy atom. The largest absolute Gasteiger partial charge is 0.370 e. The molecule has 1 aromatic rings. The second-order valence-electron chi connectivity index (χ2n) is 8.24. The molecule has 1 saturated carbocycles. The lowest BCUT2D eigenvalue weighted by Crippen LogP contribution is -2.42. The Kier molecular flexibility index (Phi) is 9.68. The summed E-state index contributed by atoms with van der Waals surface area (Å²) < 4.78 is 0. The number of guanidine groups is 1. The van der Waals surface area contributed by atoms with Gasteiger partial charge < -0.3 is 11.1 Å². The Hall–Kier alpha value is -2.37. The molecule has 0 spiro atoms. The molecular formula is C23H36N4O2. The summed E-state index contributed by atoms with van der Waals surface area (Å²) in [5, 5.41) is 5.64. The van der Waals surface area contributed by atoms with Gasteiger partial charge in [-0.15, -0.1) is 0 Å². The summed E-state index contributed by atoms with van der Waals surface area (Å²) in [6, 6.07) is 8.91. The van der Waals surface area contributed by atoms with Gasteiger partial charge in [0.05, 0.1) is 6.42 Å². The molecule has 1 aromatic carbocycles. The highest BCUT2D eigenvalue weighted by Gasteiger charge is 2.24. The van der Waals surface area contributed by atoms with Crippen molar-refractivity contribution in [1.82, 2.24) is 10.6 Å². The number of amides is 2. The molecule has 0 radical (unpaired) electrons. The Labute approximate surface area is 174 Å². The number of nitrogens with one attached hydrogen (secondary N) is 2. The van der Waals surface area contributed by atoms with Gasteiger partial charge in [0.25, 0.3) is 0 Å². The van der Waals surface area contributed by atoms with Crippen LogP contribution in [0.2, 0.25) is 0 Å². The molecule has 0 heterocycles. The fourth-order valence-electron chi connectivity index (χ4n) is 3.66. The maximum atomic E-state index is 12.8. The summed E-state index contributed by atoms with van der Waals surface area (Å²) >= 11 is 0. The molecule has 0 aromatic heterocycles. The number of nitrogens with two attached hydrogens (primary N) is 1. The van der Waals surface area contributed by atoms with E-state index in [4.69, 9.17) is 5.73 Å². The molecule has 4 N–H and O–H groups in total. The van der Waals surface area contributed by atoms with E-state index < -0.39 is 6.04 Å². The third-order valence-electron chi connectivity index (χ3n) is 5.68. The SMILES string of the molecule is CC[C@H](C)CNC(=O)[C@@H](CC1CCCCC1)N=C(N)NC(=O)Cc1ccccc1. The zero-order chi connectivity index (χ0) is 21.1. The van der Waals surface area contributed by atoms with Crippen LogP contribution in [0.15, 0.2) is 35.3 Å². The van der Waals surface area contributed by atoms with Gasteiger partial charge >= 0.3 is 0 Å². The maximum absolute atomic E-state index is 12.8. The lowest BCUT2D eigenvalue weighted by molar-refractivity contribution is -0.123. The van der Waals surface area contributed by atoms with E-state index in [2.05, 4.69) is 29.5 Å². The minimum Gasteiger partial charge on any atom is -0.370 e. The normalized spacial score (nSPS) is 17.4. The Morgan fingerprint density at radius 2 is 1.86 bits per heavy atom. The van der Waals surface area contributed by atoms with Crippen molar-refractivity contribution < 1.29 is 9.59 Å². The zero-order valence-corrected chi connectivity index (χ0v) is 17.8. The van der Waals surface area contributed by atoms with Crippen LogP contribution in [0.4, 0.5) is 0 Å². The second kappa shape index (κ2) is 12.2. The van der Waals surface area contributed by atoms with E-state index in [-0.39, 0.29) is 24.2 Å². The Morgan fingerprint density at radius 1 is 1.17 bits per heavy atom. The molecule has 29 heavy (non-hydrogen) atoms. The number of carbonyl (C=O) groups excluding carboxylic acids is 2. The third kappa shape index (κ3) is 8.67. The molecule has 0 unspecified atom stereocenters. The topological polar surface area (TPSA) is 96.6 Å². The second-order valence-corrected chi connectivity index (χ2v) is 8.24. The van der Waals surface area contributed by atoms with Crippen LogP contribution >= 0.6 is 0 Å². The third-order valence-corrected chi connectivity index (χ3v) is 5.68. The summed E-state index contributed by atoms with van der Waals surface area (Å²) in [5.41, 5.74) is 6.90. The number of hydrogen-bond donors (Lipinski definition) is 3. The highest BCUT2D eigenvalue weighted by molar-refractivity contribution is 5.98. The predicted molar refractivity (Wildman–Crippen MR) is 117 cm³/mol. The smallest absolute Gasteiger partial charge is 0.244 e. The van der Waals surface area contributed by atoms with E-state index >= 15 is 0 Å². The van der Waals surface area contributed by atoms with E-state index in [0.29, 0.717) is 24.8 Å². The van der Waals surface area contributed by atoms with E-state index in [0.717, 1.165) is 24.8 Å².